The molecule has 0 fully saturated rings. The second kappa shape index (κ2) is 5.82. The van der Waals surface area contributed by atoms with Gasteiger partial charge in [0.1, 0.15) is 0 Å². The number of allylic oxidation sites excluding steroid dienone is 2. The number of alkyl halides is 3. The smallest absolute Gasteiger partial charge is 0.0242 e. The van der Waals surface area contributed by atoms with Crippen molar-refractivity contribution in [1.29, 1.82) is 0 Å². The van der Waals surface area contributed by atoms with Crippen LogP contribution in [0.1, 0.15) is 12.8 Å². The maximum Gasteiger partial charge on any atom is 0.0242 e. The van der Waals surface area contributed by atoms with Gasteiger partial charge < -0.3 is 0 Å². The van der Waals surface area contributed by atoms with Crippen molar-refractivity contribution in [2.45, 2.75) is 12.8 Å². The summed E-state index contributed by atoms with van der Waals surface area (Å²) in [5.74, 6) is 1.58. The van der Waals surface area contributed by atoms with E-state index in [0.717, 1.165) is 27.8 Å². The molecule has 0 saturated carbocycles. The Morgan fingerprint density at radius 1 is 1.25 bits per heavy atom. The molecule has 0 aromatic rings. The summed E-state index contributed by atoms with van der Waals surface area (Å²) in [6.07, 6.45) is 5.01. The highest BCUT2D eigenvalue weighted by Gasteiger charge is 2.20. The van der Waals surface area contributed by atoms with Gasteiger partial charge in [0.25, 0.3) is 0 Å². The molecule has 70 valence electrons. The van der Waals surface area contributed by atoms with E-state index in [2.05, 4.69) is 53.9 Å². The van der Waals surface area contributed by atoms with Gasteiger partial charge in [-0.1, -0.05) is 59.4 Å². The molecule has 12 heavy (non-hydrogen) atoms. The van der Waals surface area contributed by atoms with E-state index >= 15 is 0 Å². The van der Waals surface area contributed by atoms with Crippen molar-refractivity contribution in [3.63, 3.8) is 0 Å². The summed E-state index contributed by atoms with van der Waals surface area (Å²) in [7, 11) is 0. The summed E-state index contributed by atoms with van der Waals surface area (Å²) in [4.78, 5) is 0. The molecule has 0 spiro atoms. The molecule has 0 amide bonds. The third-order valence-corrected chi connectivity index (χ3v) is 4.71. The first-order valence-corrected chi connectivity index (χ1v) is 7.54. The van der Waals surface area contributed by atoms with Gasteiger partial charge in [-0.05, 0) is 24.7 Å². The van der Waals surface area contributed by atoms with Gasteiger partial charge in [0.2, 0.25) is 0 Å². The number of hydrogen-bond donors (Lipinski definition) is 0. The average molecular weight is 361 g/mol. The lowest BCUT2D eigenvalue weighted by atomic mass is 9.85. The minimum atomic E-state index is 0.744. The maximum atomic E-state index is 3.57. The quantitative estimate of drug-likeness (QED) is 0.524. The van der Waals surface area contributed by atoms with Crippen LogP contribution in [0, 0.1) is 11.8 Å². The van der Waals surface area contributed by atoms with Crippen LogP contribution < -0.4 is 0 Å². The maximum absolute atomic E-state index is 3.57. The molecule has 1 aliphatic carbocycles. The molecule has 0 saturated heterocycles. The van der Waals surface area contributed by atoms with Gasteiger partial charge in [0, 0.05) is 16.0 Å². The molecule has 1 rings (SSSR count). The number of hydrogen-bond acceptors (Lipinski definition) is 0. The molecular formula is C9H13Br3. The van der Waals surface area contributed by atoms with Crippen LogP contribution in [-0.2, 0) is 0 Å². The minimum absolute atomic E-state index is 0.744. The number of halogens is 3. The Labute approximate surface area is 99.6 Å². The summed E-state index contributed by atoms with van der Waals surface area (Å²) in [6.45, 7) is 0. The van der Waals surface area contributed by atoms with Crippen LogP contribution in [0.4, 0.5) is 0 Å². The Balaban J connectivity index is 2.57. The molecule has 0 aromatic heterocycles. The van der Waals surface area contributed by atoms with Crippen molar-refractivity contribution in [1.82, 2.24) is 0 Å². The summed E-state index contributed by atoms with van der Waals surface area (Å²) < 4.78 is 0. The van der Waals surface area contributed by atoms with Crippen LogP contribution >= 0.6 is 47.8 Å². The van der Waals surface area contributed by atoms with Crippen molar-refractivity contribution in [2.75, 3.05) is 16.0 Å². The van der Waals surface area contributed by atoms with E-state index in [0.29, 0.717) is 0 Å². The van der Waals surface area contributed by atoms with Gasteiger partial charge in [-0.2, -0.15) is 0 Å². The van der Waals surface area contributed by atoms with Crippen LogP contribution in [-0.4, -0.2) is 16.0 Å². The molecule has 0 radical (unpaired) electrons. The van der Waals surface area contributed by atoms with E-state index in [4.69, 9.17) is 0 Å². The average Bonchev–Trinajstić information content (AvgIpc) is 2.16. The third kappa shape index (κ3) is 3.15. The van der Waals surface area contributed by atoms with Crippen molar-refractivity contribution in [3.05, 3.63) is 11.6 Å². The Bertz CT molecular complexity index is 165. The van der Waals surface area contributed by atoms with E-state index in [-0.39, 0.29) is 0 Å². The lowest BCUT2D eigenvalue weighted by molar-refractivity contribution is 0.450. The standard InChI is InChI=1S/C9H13Br3/c10-4-7-1-8(5-11)3-9(2-7)6-12/h1,7,9H,2-6H2. The first-order chi connectivity index (χ1) is 5.80. The van der Waals surface area contributed by atoms with Crippen LogP contribution in [0.2, 0.25) is 0 Å². The molecular weight excluding hydrogens is 348 g/mol. The molecule has 0 nitrogen and oxygen atoms in total. The lowest BCUT2D eigenvalue weighted by Crippen LogP contribution is -2.17. The summed E-state index contributed by atoms with van der Waals surface area (Å²) in [5, 5.41) is 3.29. The van der Waals surface area contributed by atoms with E-state index in [1.54, 1.807) is 5.57 Å². The highest BCUT2D eigenvalue weighted by atomic mass is 79.9. The Kier molecular flexibility index (Phi) is 5.45. The van der Waals surface area contributed by atoms with Crippen LogP contribution in [0.25, 0.3) is 0 Å². The molecule has 1 aliphatic rings. The molecule has 3 heteroatoms. The zero-order valence-corrected chi connectivity index (χ0v) is 11.7. The van der Waals surface area contributed by atoms with Gasteiger partial charge in [0.15, 0.2) is 0 Å². The van der Waals surface area contributed by atoms with Gasteiger partial charge in [0.05, 0.1) is 0 Å². The fourth-order valence-electron chi connectivity index (χ4n) is 1.68. The third-order valence-electron chi connectivity index (χ3n) is 2.25. The van der Waals surface area contributed by atoms with Gasteiger partial charge in [-0.3, -0.25) is 0 Å². The molecule has 2 unspecified atom stereocenters. The first-order valence-electron chi connectivity index (χ1n) is 4.17. The van der Waals surface area contributed by atoms with E-state index in [9.17, 15) is 0 Å². The zero-order chi connectivity index (χ0) is 8.97. The van der Waals surface area contributed by atoms with Crippen molar-refractivity contribution in [2.24, 2.45) is 11.8 Å². The largest absolute Gasteiger partial charge is 0.0925 e. The van der Waals surface area contributed by atoms with Crippen molar-refractivity contribution >= 4 is 47.8 Å². The molecule has 0 bridgehead atoms. The molecule has 0 aliphatic heterocycles. The lowest BCUT2D eigenvalue weighted by Gasteiger charge is -2.25. The molecule has 0 N–H and O–H groups in total. The monoisotopic (exact) mass is 358 g/mol. The van der Waals surface area contributed by atoms with E-state index in [1.807, 2.05) is 0 Å². The second-order valence-electron chi connectivity index (χ2n) is 3.33. The first kappa shape index (κ1) is 11.3. The molecule has 2 atom stereocenters. The van der Waals surface area contributed by atoms with Crippen LogP contribution in [0.5, 0.6) is 0 Å². The Hall–Kier alpha value is 1.18. The second-order valence-corrected chi connectivity index (χ2v) is 5.19. The van der Waals surface area contributed by atoms with Crippen molar-refractivity contribution in [3.8, 4) is 0 Å². The summed E-state index contributed by atoms with van der Waals surface area (Å²) in [5.41, 5.74) is 1.56. The van der Waals surface area contributed by atoms with Crippen LogP contribution in [0.3, 0.4) is 0 Å². The Morgan fingerprint density at radius 2 is 2.00 bits per heavy atom. The highest BCUT2D eigenvalue weighted by Crippen LogP contribution is 2.31. The normalized spacial score (nSPS) is 30.1. The highest BCUT2D eigenvalue weighted by molar-refractivity contribution is 9.09. The van der Waals surface area contributed by atoms with Crippen molar-refractivity contribution < 1.29 is 0 Å². The topological polar surface area (TPSA) is 0 Å². The fourth-order valence-corrected chi connectivity index (χ4v) is 3.04. The van der Waals surface area contributed by atoms with Gasteiger partial charge in [-0.15, -0.1) is 0 Å². The van der Waals surface area contributed by atoms with Crippen LogP contribution in [0.15, 0.2) is 11.6 Å². The van der Waals surface area contributed by atoms with Gasteiger partial charge >= 0.3 is 0 Å². The summed E-state index contributed by atoms with van der Waals surface area (Å²) >= 11 is 10.6. The number of rotatable bonds is 3. The fraction of sp³-hybridized carbons (Fsp3) is 0.778. The molecule has 0 aromatic carbocycles. The zero-order valence-electron chi connectivity index (χ0n) is 6.90. The Morgan fingerprint density at radius 3 is 2.50 bits per heavy atom. The van der Waals surface area contributed by atoms with E-state index in [1.165, 1.54) is 12.8 Å². The predicted octanol–water partition coefficient (Wildman–Crippen LogP) is 4.12. The SMILES string of the molecule is BrCC1=CC(CBr)CC(CBr)C1. The van der Waals surface area contributed by atoms with E-state index < -0.39 is 0 Å². The predicted molar refractivity (Wildman–Crippen MR) is 65.7 cm³/mol. The summed E-state index contributed by atoms with van der Waals surface area (Å²) in [6, 6.07) is 0. The minimum Gasteiger partial charge on any atom is -0.0925 e. The molecule has 0 heterocycles. The van der Waals surface area contributed by atoms with Gasteiger partial charge in [-0.25, -0.2) is 0 Å².